The van der Waals surface area contributed by atoms with Crippen LogP contribution in [-0.2, 0) is 0 Å². The van der Waals surface area contributed by atoms with Gasteiger partial charge in [0.05, 0.1) is 5.02 Å². The van der Waals surface area contributed by atoms with Crippen LogP contribution in [0.3, 0.4) is 0 Å². The smallest absolute Gasteiger partial charge is 0.339 e. The number of ether oxygens (including phenoxy) is 1. The Morgan fingerprint density at radius 1 is 1.32 bits per heavy atom. The van der Waals surface area contributed by atoms with Gasteiger partial charge in [-0.3, -0.25) is 0 Å². The summed E-state index contributed by atoms with van der Waals surface area (Å²) in [4.78, 5) is 14.8. The first-order valence-electron chi connectivity index (χ1n) is 4.99. The highest BCUT2D eigenvalue weighted by Gasteiger charge is 2.15. The van der Waals surface area contributed by atoms with E-state index in [2.05, 4.69) is 4.98 Å². The molecule has 2 aromatic rings. The molecule has 1 N–H and O–H groups in total. The standard InChI is InChI=1S/C12H6Cl2FNO3/c13-6-3-9(14)11(16-5-6)19-10-4-7(15)1-2-8(10)12(17)18/h1-5H,(H,17,18). The van der Waals surface area contributed by atoms with E-state index in [4.69, 9.17) is 33.0 Å². The number of rotatable bonds is 3. The fourth-order valence-electron chi connectivity index (χ4n) is 1.34. The number of aromatic carboxylic acids is 1. The molecule has 4 nitrogen and oxygen atoms in total. The Morgan fingerprint density at radius 3 is 2.68 bits per heavy atom. The van der Waals surface area contributed by atoms with Gasteiger partial charge in [0.25, 0.3) is 0 Å². The molecular weight excluding hydrogens is 296 g/mol. The zero-order valence-corrected chi connectivity index (χ0v) is 10.7. The minimum absolute atomic E-state index is 0.0563. The van der Waals surface area contributed by atoms with E-state index in [1.165, 1.54) is 12.3 Å². The number of carboxylic acid groups (broad SMARTS) is 1. The van der Waals surface area contributed by atoms with E-state index in [1.54, 1.807) is 0 Å². The van der Waals surface area contributed by atoms with E-state index in [-0.39, 0.29) is 22.2 Å². The van der Waals surface area contributed by atoms with Crippen molar-refractivity contribution in [3.63, 3.8) is 0 Å². The van der Waals surface area contributed by atoms with Gasteiger partial charge in [-0.1, -0.05) is 23.2 Å². The van der Waals surface area contributed by atoms with Crippen LogP contribution >= 0.6 is 23.2 Å². The largest absolute Gasteiger partial charge is 0.478 e. The maximum atomic E-state index is 13.1. The quantitative estimate of drug-likeness (QED) is 0.930. The van der Waals surface area contributed by atoms with Crippen LogP contribution in [-0.4, -0.2) is 16.1 Å². The average molecular weight is 302 g/mol. The summed E-state index contributed by atoms with van der Waals surface area (Å²) in [7, 11) is 0. The van der Waals surface area contributed by atoms with Crippen molar-refractivity contribution in [2.24, 2.45) is 0 Å². The van der Waals surface area contributed by atoms with Crippen molar-refractivity contribution in [2.75, 3.05) is 0 Å². The summed E-state index contributed by atoms with van der Waals surface area (Å²) >= 11 is 11.5. The third kappa shape index (κ3) is 3.13. The molecule has 0 saturated carbocycles. The average Bonchev–Trinajstić information content (AvgIpc) is 2.32. The van der Waals surface area contributed by atoms with Gasteiger partial charge in [0, 0.05) is 12.3 Å². The second kappa shape index (κ2) is 5.42. The fourth-order valence-corrected chi connectivity index (χ4v) is 1.76. The third-order valence-electron chi connectivity index (χ3n) is 2.15. The van der Waals surface area contributed by atoms with Crippen molar-refractivity contribution < 1.29 is 19.0 Å². The summed E-state index contributed by atoms with van der Waals surface area (Å²) in [5, 5.41) is 9.36. The van der Waals surface area contributed by atoms with Crippen molar-refractivity contribution in [1.29, 1.82) is 0 Å². The number of benzene rings is 1. The number of nitrogens with zero attached hydrogens (tertiary/aromatic N) is 1. The van der Waals surface area contributed by atoms with Gasteiger partial charge in [-0.05, 0) is 18.2 Å². The molecule has 2 rings (SSSR count). The lowest BCUT2D eigenvalue weighted by Crippen LogP contribution is -2.01. The first kappa shape index (κ1) is 13.6. The Kier molecular flexibility index (Phi) is 3.87. The van der Waals surface area contributed by atoms with Crippen molar-refractivity contribution >= 4 is 29.2 Å². The fraction of sp³-hybridized carbons (Fsp3) is 0. The summed E-state index contributed by atoms with van der Waals surface area (Å²) in [6, 6.07) is 4.44. The zero-order chi connectivity index (χ0) is 14.0. The summed E-state index contributed by atoms with van der Waals surface area (Å²) < 4.78 is 18.3. The number of carboxylic acids is 1. The van der Waals surface area contributed by atoms with Gasteiger partial charge in [-0.25, -0.2) is 14.2 Å². The third-order valence-corrected chi connectivity index (χ3v) is 2.63. The highest BCUT2D eigenvalue weighted by Crippen LogP contribution is 2.31. The first-order valence-corrected chi connectivity index (χ1v) is 5.74. The minimum atomic E-state index is -1.25. The van der Waals surface area contributed by atoms with Gasteiger partial charge >= 0.3 is 5.97 Å². The number of pyridine rings is 1. The number of carbonyl (C=O) groups is 1. The molecule has 0 aliphatic heterocycles. The van der Waals surface area contributed by atoms with E-state index < -0.39 is 11.8 Å². The van der Waals surface area contributed by atoms with Crippen molar-refractivity contribution in [1.82, 2.24) is 4.98 Å². The molecule has 7 heteroatoms. The minimum Gasteiger partial charge on any atom is -0.478 e. The summed E-state index contributed by atoms with van der Waals surface area (Å²) in [6.07, 6.45) is 1.28. The lowest BCUT2D eigenvalue weighted by molar-refractivity contribution is 0.0694. The van der Waals surface area contributed by atoms with Gasteiger partial charge in [0.1, 0.15) is 22.2 Å². The molecule has 0 saturated heterocycles. The van der Waals surface area contributed by atoms with Crippen molar-refractivity contribution in [3.8, 4) is 11.6 Å². The van der Waals surface area contributed by atoms with Crippen LogP contribution in [0.2, 0.25) is 10.0 Å². The molecule has 98 valence electrons. The summed E-state index contributed by atoms with van der Waals surface area (Å²) in [5.74, 6) is -2.13. The summed E-state index contributed by atoms with van der Waals surface area (Å²) in [6.45, 7) is 0. The lowest BCUT2D eigenvalue weighted by Gasteiger charge is -2.09. The molecule has 0 fully saturated rings. The van der Waals surface area contributed by atoms with Crippen molar-refractivity contribution in [2.45, 2.75) is 0 Å². The Bertz CT molecular complexity index is 649. The number of hydrogen-bond acceptors (Lipinski definition) is 3. The Labute approximate surface area is 117 Å². The molecule has 0 spiro atoms. The summed E-state index contributed by atoms with van der Waals surface area (Å²) in [5.41, 5.74) is -0.200. The maximum Gasteiger partial charge on any atom is 0.339 e. The monoisotopic (exact) mass is 301 g/mol. The van der Waals surface area contributed by atoms with Crippen LogP contribution in [0, 0.1) is 5.82 Å². The van der Waals surface area contributed by atoms with E-state index >= 15 is 0 Å². The van der Waals surface area contributed by atoms with E-state index in [1.807, 2.05) is 0 Å². The molecule has 1 heterocycles. The zero-order valence-electron chi connectivity index (χ0n) is 9.23. The van der Waals surface area contributed by atoms with Crippen LogP contribution < -0.4 is 4.74 Å². The van der Waals surface area contributed by atoms with Crippen LogP contribution in [0.15, 0.2) is 30.5 Å². The van der Waals surface area contributed by atoms with Gasteiger partial charge < -0.3 is 9.84 Å². The second-order valence-electron chi connectivity index (χ2n) is 3.49. The highest BCUT2D eigenvalue weighted by atomic mass is 35.5. The van der Waals surface area contributed by atoms with Crippen LogP contribution in [0.4, 0.5) is 4.39 Å². The van der Waals surface area contributed by atoms with Gasteiger partial charge in [0.15, 0.2) is 0 Å². The number of aromatic nitrogens is 1. The SMILES string of the molecule is O=C(O)c1ccc(F)cc1Oc1ncc(Cl)cc1Cl. The van der Waals surface area contributed by atoms with Crippen LogP contribution in [0.25, 0.3) is 0 Å². The molecule has 0 aliphatic carbocycles. The molecule has 0 aliphatic rings. The molecule has 0 radical (unpaired) electrons. The normalized spacial score (nSPS) is 10.3. The van der Waals surface area contributed by atoms with Gasteiger partial charge in [-0.2, -0.15) is 0 Å². The highest BCUT2D eigenvalue weighted by molar-refractivity contribution is 6.35. The molecule has 0 amide bonds. The topological polar surface area (TPSA) is 59.4 Å². The molecule has 1 aromatic heterocycles. The number of hydrogen-bond donors (Lipinski definition) is 1. The Hall–Kier alpha value is -1.85. The molecule has 0 atom stereocenters. The Morgan fingerprint density at radius 2 is 2.05 bits per heavy atom. The van der Waals surface area contributed by atoms with Gasteiger partial charge in [-0.15, -0.1) is 0 Å². The predicted molar refractivity (Wildman–Crippen MR) is 67.7 cm³/mol. The number of halogens is 3. The van der Waals surface area contributed by atoms with Crippen molar-refractivity contribution in [3.05, 3.63) is 51.9 Å². The molecule has 19 heavy (non-hydrogen) atoms. The molecule has 1 aromatic carbocycles. The van der Waals surface area contributed by atoms with Crippen LogP contribution in [0.5, 0.6) is 11.6 Å². The lowest BCUT2D eigenvalue weighted by atomic mass is 10.2. The van der Waals surface area contributed by atoms with E-state index in [9.17, 15) is 9.18 Å². The van der Waals surface area contributed by atoms with Gasteiger partial charge in [0.2, 0.25) is 5.88 Å². The Balaban J connectivity index is 2.42. The van der Waals surface area contributed by atoms with Crippen LogP contribution in [0.1, 0.15) is 10.4 Å². The maximum absolute atomic E-state index is 13.1. The second-order valence-corrected chi connectivity index (χ2v) is 4.33. The predicted octanol–water partition coefficient (Wildman–Crippen LogP) is 4.02. The van der Waals surface area contributed by atoms with E-state index in [0.29, 0.717) is 5.02 Å². The molecule has 0 unspecified atom stereocenters. The first-order chi connectivity index (χ1) is 8.97. The molecular formula is C12H6Cl2FNO3. The molecule has 0 bridgehead atoms. The van der Waals surface area contributed by atoms with E-state index in [0.717, 1.165) is 18.2 Å².